The molecule has 0 rings (SSSR count). The van der Waals surface area contributed by atoms with Crippen molar-refractivity contribution in [1.82, 2.24) is 16.0 Å². The molecule has 0 fully saturated rings. The van der Waals surface area contributed by atoms with Gasteiger partial charge in [-0.05, 0) is 37.2 Å². The van der Waals surface area contributed by atoms with Gasteiger partial charge in [-0.2, -0.15) is 11.8 Å². The van der Waals surface area contributed by atoms with Gasteiger partial charge in [0.15, 0.2) is 0 Å². The topological polar surface area (TPSA) is 231 Å². The van der Waals surface area contributed by atoms with Gasteiger partial charge in [-0.3, -0.25) is 24.0 Å². The highest BCUT2D eigenvalue weighted by Gasteiger charge is 2.31. The molecule has 0 aliphatic rings. The van der Waals surface area contributed by atoms with Crippen LogP contribution in [0.25, 0.3) is 0 Å². The van der Waals surface area contributed by atoms with Crippen molar-refractivity contribution < 1.29 is 39.0 Å². The van der Waals surface area contributed by atoms with Crippen molar-refractivity contribution in [3.63, 3.8) is 0 Å². The normalized spacial score (nSPS) is 15.1. The van der Waals surface area contributed by atoms with Crippen molar-refractivity contribution in [2.24, 2.45) is 17.4 Å². The van der Waals surface area contributed by atoms with Gasteiger partial charge >= 0.3 is 11.9 Å². The van der Waals surface area contributed by atoms with E-state index in [1.54, 1.807) is 13.2 Å². The summed E-state index contributed by atoms with van der Waals surface area (Å²) in [5.41, 5.74) is 11.0. The van der Waals surface area contributed by atoms with Crippen molar-refractivity contribution in [1.29, 1.82) is 0 Å². The Kier molecular flexibility index (Phi) is 15.3. The molecule has 0 aromatic carbocycles. The Morgan fingerprint density at radius 3 is 1.74 bits per heavy atom. The summed E-state index contributed by atoms with van der Waals surface area (Å²) in [7, 11) is 0. The summed E-state index contributed by atoms with van der Waals surface area (Å²) in [6, 6.07) is -4.84. The molecule has 200 valence electrons. The van der Waals surface area contributed by atoms with Gasteiger partial charge in [0, 0.05) is 12.8 Å². The molecule has 5 unspecified atom stereocenters. The number of primary amides is 1. The predicted octanol–water partition coefficient (Wildman–Crippen LogP) is -1.22. The lowest BCUT2D eigenvalue weighted by molar-refractivity contribution is -0.142. The van der Waals surface area contributed by atoms with Crippen molar-refractivity contribution in [3.8, 4) is 0 Å². The van der Waals surface area contributed by atoms with E-state index >= 15 is 0 Å². The molecule has 9 N–H and O–H groups in total. The second-order valence-corrected chi connectivity index (χ2v) is 9.14. The van der Waals surface area contributed by atoms with Crippen LogP contribution in [0.1, 0.15) is 52.4 Å². The average Bonchev–Trinajstić information content (AvgIpc) is 2.79. The van der Waals surface area contributed by atoms with Gasteiger partial charge < -0.3 is 37.6 Å². The Balaban J connectivity index is 5.63. The molecule has 0 saturated heterocycles. The first-order chi connectivity index (χ1) is 16.3. The Morgan fingerprint density at radius 1 is 0.829 bits per heavy atom. The highest BCUT2D eigenvalue weighted by molar-refractivity contribution is 7.98. The van der Waals surface area contributed by atoms with E-state index in [-0.39, 0.29) is 31.6 Å². The zero-order chi connectivity index (χ0) is 27.1. The maximum atomic E-state index is 12.9. The first kappa shape index (κ1) is 32.1. The maximum absolute atomic E-state index is 12.9. The summed E-state index contributed by atoms with van der Waals surface area (Å²) < 4.78 is 0. The van der Waals surface area contributed by atoms with Crippen molar-refractivity contribution >= 4 is 47.3 Å². The van der Waals surface area contributed by atoms with E-state index in [4.69, 9.17) is 16.6 Å². The first-order valence-electron chi connectivity index (χ1n) is 11.2. The molecule has 0 heterocycles. The second-order valence-electron chi connectivity index (χ2n) is 8.15. The zero-order valence-corrected chi connectivity index (χ0v) is 21.1. The molecule has 13 nitrogen and oxygen atoms in total. The van der Waals surface area contributed by atoms with E-state index in [1.165, 1.54) is 11.8 Å². The average molecular weight is 520 g/mol. The highest BCUT2D eigenvalue weighted by Crippen LogP contribution is 2.08. The van der Waals surface area contributed by atoms with E-state index in [0.717, 1.165) is 0 Å². The van der Waals surface area contributed by atoms with Crippen LogP contribution in [-0.2, 0) is 28.8 Å². The van der Waals surface area contributed by atoms with Gasteiger partial charge in [0.05, 0.1) is 6.04 Å². The number of carbonyl (C=O) groups is 6. The van der Waals surface area contributed by atoms with Gasteiger partial charge in [0.25, 0.3) is 0 Å². The van der Waals surface area contributed by atoms with Crippen LogP contribution in [0.4, 0.5) is 0 Å². The predicted molar refractivity (Wildman–Crippen MR) is 129 cm³/mol. The fourth-order valence-corrected chi connectivity index (χ4v) is 3.38. The summed E-state index contributed by atoms with van der Waals surface area (Å²) in [5, 5.41) is 25.5. The number of nitrogens with two attached hydrogens (primary N) is 2. The number of rotatable bonds is 18. The molecule has 14 heteroatoms. The van der Waals surface area contributed by atoms with Crippen LogP contribution >= 0.6 is 11.8 Å². The van der Waals surface area contributed by atoms with Gasteiger partial charge in [0.1, 0.15) is 18.1 Å². The number of hydrogen-bond acceptors (Lipinski definition) is 8. The van der Waals surface area contributed by atoms with Gasteiger partial charge in [-0.15, -0.1) is 0 Å². The van der Waals surface area contributed by atoms with Gasteiger partial charge in [-0.1, -0.05) is 20.3 Å². The number of carboxylic acid groups (broad SMARTS) is 2. The van der Waals surface area contributed by atoms with Crippen molar-refractivity contribution in [2.75, 3.05) is 12.0 Å². The van der Waals surface area contributed by atoms with Gasteiger partial charge in [-0.25, -0.2) is 4.79 Å². The molecule has 0 spiro atoms. The third-order valence-electron chi connectivity index (χ3n) is 5.38. The Morgan fingerprint density at radius 2 is 1.31 bits per heavy atom. The van der Waals surface area contributed by atoms with E-state index in [1.807, 2.05) is 6.92 Å². The standard InChI is InChI=1S/C21H37N5O8S/c1-4-11(2)17(23)20(32)25-13(6-8-16(28)29)18(30)24-12(5-7-15(22)27)19(31)26-14(21(33)34)9-10-35-3/h11-14,17H,4-10,23H2,1-3H3,(H2,22,27)(H,24,30)(H,25,32)(H,26,31)(H,28,29)(H,33,34). The molecule has 0 aromatic rings. The van der Waals surface area contributed by atoms with Crippen LogP contribution in [0.5, 0.6) is 0 Å². The van der Waals surface area contributed by atoms with E-state index in [9.17, 15) is 33.9 Å². The van der Waals surface area contributed by atoms with Gasteiger partial charge in [0.2, 0.25) is 23.6 Å². The number of carboxylic acids is 2. The number of nitrogens with one attached hydrogen (secondary N) is 3. The number of hydrogen-bond donors (Lipinski definition) is 7. The molecular weight excluding hydrogens is 482 g/mol. The summed E-state index contributed by atoms with van der Waals surface area (Å²) in [5.74, 6) is -5.36. The maximum Gasteiger partial charge on any atom is 0.326 e. The lowest BCUT2D eigenvalue weighted by atomic mass is 9.98. The summed E-state index contributed by atoms with van der Waals surface area (Å²) in [4.78, 5) is 71.9. The summed E-state index contributed by atoms with van der Waals surface area (Å²) in [6.45, 7) is 3.58. The number of carbonyl (C=O) groups excluding carboxylic acids is 4. The molecule has 0 radical (unpaired) electrons. The summed E-state index contributed by atoms with van der Waals surface area (Å²) >= 11 is 1.39. The quantitative estimate of drug-likeness (QED) is 0.114. The fraction of sp³-hybridized carbons (Fsp3) is 0.714. The lowest BCUT2D eigenvalue weighted by Crippen LogP contribution is -2.57. The van der Waals surface area contributed by atoms with Crippen LogP contribution in [-0.4, -0.2) is 82.0 Å². The fourth-order valence-electron chi connectivity index (χ4n) is 2.91. The minimum Gasteiger partial charge on any atom is -0.481 e. The summed E-state index contributed by atoms with van der Waals surface area (Å²) in [6.07, 6.45) is 1.25. The van der Waals surface area contributed by atoms with Crippen LogP contribution in [0, 0.1) is 5.92 Å². The molecule has 0 aromatic heterocycles. The van der Waals surface area contributed by atoms with E-state index < -0.39 is 66.2 Å². The van der Waals surface area contributed by atoms with Crippen molar-refractivity contribution in [2.45, 2.75) is 76.5 Å². The molecule has 0 bridgehead atoms. The lowest BCUT2D eigenvalue weighted by Gasteiger charge is -2.26. The van der Waals surface area contributed by atoms with Crippen LogP contribution in [0.2, 0.25) is 0 Å². The van der Waals surface area contributed by atoms with E-state index in [0.29, 0.717) is 12.2 Å². The largest absolute Gasteiger partial charge is 0.481 e. The first-order valence-corrected chi connectivity index (χ1v) is 12.6. The monoisotopic (exact) mass is 519 g/mol. The Hall–Kier alpha value is -2.87. The third-order valence-corrected chi connectivity index (χ3v) is 6.02. The molecule has 35 heavy (non-hydrogen) atoms. The third kappa shape index (κ3) is 13.0. The number of amides is 4. The van der Waals surface area contributed by atoms with Crippen molar-refractivity contribution in [3.05, 3.63) is 0 Å². The molecule has 5 atom stereocenters. The molecule has 0 aliphatic heterocycles. The molecule has 4 amide bonds. The smallest absolute Gasteiger partial charge is 0.326 e. The zero-order valence-electron chi connectivity index (χ0n) is 20.2. The minimum atomic E-state index is -1.35. The molecule has 0 saturated carbocycles. The van der Waals surface area contributed by atoms with Crippen LogP contribution < -0.4 is 27.4 Å². The number of aliphatic carboxylic acids is 2. The SMILES string of the molecule is CCC(C)C(N)C(=O)NC(CCC(=O)O)C(=O)NC(CCC(N)=O)C(=O)NC(CCSC)C(=O)O. The molecular formula is C21H37N5O8S. The Bertz CT molecular complexity index is 766. The van der Waals surface area contributed by atoms with Crippen LogP contribution in [0.3, 0.4) is 0 Å². The van der Waals surface area contributed by atoms with E-state index in [2.05, 4.69) is 16.0 Å². The Labute approximate surface area is 208 Å². The second kappa shape index (κ2) is 16.7. The number of thioether (sulfide) groups is 1. The molecule has 0 aliphatic carbocycles. The van der Waals surface area contributed by atoms with Crippen LogP contribution in [0.15, 0.2) is 0 Å². The highest BCUT2D eigenvalue weighted by atomic mass is 32.2. The minimum absolute atomic E-state index is 0.128.